The average molecular weight is 413 g/mol. The Kier molecular flexibility index (Phi) is 4.71. The maximum absolute atomic E-state index is 13.1. The van der Waals surface area contributed by atoms with E-state index in [1.54, 1.807) is 55.0 Å². The van der Waals surface area contributed by atoms with Crippen LogP contribution in [-0.2, 0) is 22.6 Å². The van der Waals surface area contributed by atoms with Crippen molar-refractivity contribution in [2.75, 3.05) is 6.61 Å². The Morgan fingerprint density at radius 1 is 1.13 bits per heavy atom. The molecular formula is C24H19N3O4. The number of carbonyl (C=O) groups excluding carboxylic acids is 2. The SMILES string of the molecule is O=C1C(=O)N(Cc2cccnc2)C(c2ccccn2)/C1=C(/O)c1ccc2c(c1)CCO2. The average Bonchev–Trinajstić information content (AvgIpc) is 3.38. The van der Waals surface area contributed by atoms with Gasteiger partial charge < -0.3 is 14.7 Å². The van der Waals surface area contributed by atoms with Gasteiger partial charge in [0.25, 0.3) is 11.7 Å². The summed E-state index contributed by atoms with van der Waals surface area (Å²) in [6, 6.07) is 13.4. The van der Waals surface area contributed by atoms with Crippen LogP contribution in [0, 0.1) is 0 Å². The molecule has 3 aromatic rings. The smallest absolute Gasteiger partial charge is 0.296 e. The Bertz CT molecular complexity index is 1190. The lowest BCUT2D eigenvalue weighted by Crippen LogP contribution is -2.29. The van der Waals surface area contributed by atoms with Crippen molar-refractivity contribution < 1.29 is 19.4 Å². The highest BCUT2D eigenvalue weighted by atomic mass is 16.5. The molecule has 1 aromatic carbocycles. The molecule has 0 saturated carbocycles. The fourth-order valence-electron chi connectivity index (χ4n) is 4.07. The number of benzene rings is 1. The lowest BCUT2D eigenvalue weighted by molar-refractivity contribution is -0.140. The van der Waals surface area contributed by atoms with Crippen LogP contribution >= 0.6 is 0 Å². The summed E-state index contributed by atoms with van der Waals surface area (Å²) in [6.07, 6.45) is 5.63. The molecular weight excluding hydrogens is 394 g/mol. The molecule has 5 rings (SSSR count). The first-order valence-electron chi connectivity index (χ1n) is 9.98. The van der Waals surface area contributed by atoms with E-state index in [1.807, 2.05) is 12.1 Å². The lowest BCUT2D eigenvalue weighted by Gasteiger charge is -2.24. The van der Waals surface area contributed by atoms with Gasteiger partial charge in [0, 0.05) is 37.1 Å². The molecule has 0 spiro atoms. The highest BCUT2D eigenvalue weighted by Crippen LogP contribution is 2.40. The fraction of sp³-hybridized carbons (Fsp3) is 0.167. The number of hydrogen-bond acceptors (Lipinski definition) is 6. The Hall–Kier alpha value is -4.00. The minimum absolute atomic E-state index is 0.0338. The van der Waals surface area contributed by atoms with Gasteiger partial charge in [-0.1, -0.05) is 12.1 Å². The molecule has 31 heavy (non-hydrogen) atoms. The molecule has 154 valence electrons. The van der Waals surface area contributed by atoms with Crippen LogP contribution in [0.5, 0.6) is 5.75 Å². The number of amides is 1. The Balaban J connectivity index is 1.63. The number of ether oxygens (including phenoxy) is 1. The largest absolute Gasteiger partial charge is 0.507 e. The molecule has 2 aromatic heterocycles. The zero-order chi connectivity index (χ0) is 21.4. The number of Topliss-reactive ketones (excluding diaryl/α,β-unsaturated/α-hetero) is 1. The van der Waals surface area contributed by atoms with Gasteiger partial charge in [0.2, 0.25) is 0 Å². The summed E-state index contributed by atoms with van der Waals surface area (Å²) in [7, 11) is 0. The van der Waals surface area contributed by atoms with E-state index in [1.165, 1.54) is 4.90 Å². The zero-order valence-electron chi connectivity index (χ0n) is 16.6. The summed E-state index contributed by atoms with van der Waals surface area (Å²) in [5.74, 6) is -0.841. The number of aliphatic hydroxyl groups excluding tert-OH is 1. The molecule has 1 fully saturated rings. The Morgan fingerprint density at radius 3 is 2.81 bits per heavy atom. The second-order valence-corrected chi connectivity index (χ2v) is 7.46. The Morgan fingerprint density at radius 2 is 2.03 bits per heavy atom. The van der Waals surface area contributed by atoms with Crippen LogP contribution < -0.4 is 4.74 Å². The molecule has 1 saturated heterocycles. The van der Waals surface area contributed by atoms with Gasteiger partial charge in [0.15, 0.2) is 0 Å². The van der Waals surface area contributed by atoms with Crippen molar-refractivity contribution in [1.29, 1.82) is 0 Å². The summed E-state index contributed by atoms with van der Waals surface area (Å²) in [5.41, 5.74) is 2.76. The van der Waals surface area contributed by atoms with E-state index in [0.717, 1.165) is 23.3 Å². The first kappa shape index (κ1) is 19.0. The lowest BCUT2D eigenvalue weighted by atomic mass is 9.97. The van der Waals surface area contributed by atoms with Crippen LogP contribution in [0.25, 0.3) is 5.76 Å². The molecule has 0 bridgehead atoms. The number of nitrogens with zero attached hydrogens (tertiary/aromatic N) is 3. The van der Waals surface area contributed by atoms with Crippen molar-refractivity contribution >= 4 is 17.4 Å². The molecule has 2 aliphatic heterocycles. The van der Waals surface area contributed by atoms with Crippen molar-refractivity contribution in [3.05, 3.63) is 95.1 Å². The third-order valence-corrected chi connectivity index (χ3v) is 5.55. The third-order valence-electron chi connectivity index (χ3n) is 5.55. The van der Waals surface area contributed by atoms with Gasteiger partial charge in [-0.05, 0) is 47.5 Å². The molecule has 4 heterocycles. The molecule has 1 unspecified atom stereocenters. The molecule has 7 nitrogen and oxygen atoms in total. The monoisotopic (exact) mass is 413 g/mol. The van der Waals surface area contributed by atoms with Gasteiger partial charge in [-0.3, -0.25) is 19.6 Å². The van der Waals surface area contributed by atoms with E-state index in [2.05, 4.69) is 9.97 Å². The third kappa shape index (κ3) is 3.34. The van der Waals surface area contributed by atoms with Gasteiger partial charge in [-0.2, -0.15) is 0 Å². The summed E-state index contributed by atoms with van der Waals surface area (Å²) >= 11 is 0. The normalized spacial score (nSPS) is 19.4. The number of pyridine rings is 2. The van der Waals surface area contributed by atoms with Gasteiger partial charge in [0.05, 0.1) is 17.9 Å². The molecule has 7 heteroatoms. The van der Waals surface area contributed by atoms with Crippen LogP contribution in [0.3, 0.4) is 0 Å². The van der Waals surface area contributed by atoms with Crippen molar-refractivity contribution in [2.24, 2.45) is 0 Å². The van der Waals surface area contributed by atoms with Crippen LogP contribution in [-0.4, -0.2) is 38.3 Å². The topological polar surface area (TPSA) is 92.6 Å². The molecule has 1 N–H and O–H groups in total. The van der Waals surface area contributed by atoms with Gasteiger partial charge >= 0.3 is 0 Å². The predicted molar refractivity (Wildman–Crippen MR) is 112 cm³/mol. The van der Waals surface area contributed by atoms with E-state index >= 15 is 0 Å². The van der Waals surface area contributed by atoms with E-state index < -0.39 is 17.7 Å². The summed E-state index contributed by atoms with van der Waals surface area (Å²) in [6.45, 7) is 0.761. The van der Waals surface area contributed by atoms with Crippen molar-refractivity contribution in [3.8, 4) is 5.75 Å². The first-order chi connectivity index (χ1) is 15.1. The number of aliphatic hydroxyl groups is 1. The van der Waals surface area contributed by atoms with Gasteiger partial charge in [0.1, 0.15) is 17.6 Å². The van der Waals surface area contributed by atoms with Crippen molar-refractivity contribution in [3.63, 3.8) is 0 Å². The number of hydrogen-bond donors (Lipinski definition) is 1. The van der Waals surface area contributed by atoms with Gasteiger partial charge in [-0.25, -0.2) is 0 Å². The predicted octanol–water partition coefficient (Wildman–Crippen LogP) is 3.03. The highest BCUT2D eigenvalue weighted by Gasteiger charge is 2.46. The molecule has 2 aliphatic rings. The van der Waals surface area contributed by atoms with E-state index in [0.29, 0.717) is 17.9 Å². The second-order valence-electron chi connectivity index (χ2n) is 7.46. The van der Waals surface area contributed by atoms with Crippen LogP contribution in [0.15, 0.2) is 72.7 Å². The van der Waals surface area contributed by atoms with Crippen molar-refractivity contribution in [2.45, 2.75) is 19.0 Å². The maximum Gasteiger partial charge on any atom is 0.296 e. The van der Waals surface area contributed by atoms with Crippen LogP contribution in [0.4, 0.5) is 0 Å². The zero-order valence-corrected chi connectivity index (χ0v) is 16.6. The molecule has 1 amide bonds. The number of rotatable bonds is 4. The number of carbonyl (C=O) groups is 2. The minimum Gasteiger partial charge on any atom is -0.507 e. The standard InChI is InChI=1S/C24H19N3O4/c28-22(17-6-7-19-16(12-17)8-11-31-19)20-21(18-5-1-2-10-26-18)27(24(30)23(20)29)14-15-4-3-9-25-13-15/h1-7,9-10,12-13,21,28H,8,11,14H2/b22-20-. The molecule has 0 aliphatic carbocycles. The second kappa shape index (κ2) is 7.68. The first-order valence-corrected chi connectivity index (χ1v) is 9.98. The Labute approximate surface area is 178 Å². The number of aromatic nitrogens is 2. The van der Waals surface area contributed by atoms with Crippen molar-refractivity contribution in [1.82, 2.24) is 14.9 Å². The van der Waals surface area contributed by atoms with E-state index in [9.17, 15) is 14.7 Å². The van der Waals surface area contributed by atoms with Crippen LogP contribution in [0.2, 0.25) is 0 Å². The summed E-state index contributed by atoms with van der Waals surface area (Å²) in [4.78, 5) is 36.0. The summed E-state index contributed by atoms with van der Waals surface area (Å²) in [5, 5.41) is 11.2. The maximum atomic E-state index is 13.1. The van der Waals surface area contributed by atoms with E-state index in [4.69, 9.17) is 4.74 Å². The van der Waals surface area contributed by atoms with E-state index in [-0.39, 0.29) is 17.9 Å². The van der Waals surface area contributed by atoms with Crippen LogP contribution in [0.1, 0.15) is 28.4 Å². The quantitative estimate of drug-likeness (QED) is 0.402. The van der Waals surface area contributed by atoms with Gasteiger partial charge in [-0.15, -0.1) is 0 Å². The molecule has 0 radical (unpaired) electrons. The number of fused-ring (bicyclic) bond motifs is 1. The number of ketones is 1. The molecule has 1 atom stereocenters. The number of likely N-dealkylation sites (tertiary alicyclic amines) is 1. The highest BCUT2D eigenvalue weighted by molar-refractivity contribution is 6.46. The fourth-order valence-corrected chi connectivity index (χ4v) is 4.07. The summed E-state index contributed by atoms with van der Waals surface area (Å²) < 4.78 is 5.53. The minimum atomic E-state index is -0.800.